The molecule has 0 fully saturated rings. The predicted octanol–water partition coefficient (Wildman–Crippen LogP) is 2.88. The van der Waals surface area contributed by atoms with Gasteiger partial charge in [0, 0.05) is 15.4 Å². The van der Waals surface area contributed by atoms with Crippen LogP contribution in [-0.2, 0) is 0 Å². The van der Waals surface area contributed by atoms with Gasteiger partial charge in [0.05, 0.1) is 6.04 Å². The molecule has 0 aliphatic carbocycles. The maximum absolute atomic E-state index is 6.13. The first-order valence-electron chi connectivity index (χ1n) is 4.58. The van der Waals surface area contributed by atoms with Gasteiger partial charge in [-0.2, -0.15) is 0 Å². The van der Waals surface area contributed by atoms with Crippen molar-refractivity contribution in [2.45, 2.75) is 32.9 Å². The molecule has 0 bridgehead atoms. The van der Waals surface area contributed by atoms with Gasteiger partial charge in [-0.05, 0) is 32.8 Å². The summed E-state index contributed by atoms with van der Waals surface area (Å²) in [4.78, 5) is 1.13. The van der Waals surface area contributed by atoms with Gasteiger partial charge in [-0.3, -0.25) is 0 Å². The lowest BCUT2D eigenvalue weighted by Gasteiger charge is -2.31. The Bertz CT molecular complexity index is 303. The molecular formula is C10H17BrN2S. The minimum atomic E-state index is -0.0932. The predicted molar refractivity (Wildman–Crippen MR) is 66.4 cm³/mol. The van der Waals surface area contributed by atoms with Gasteiger partial charge >= 0.3 is 0 Å². The summed E-state index contributed by atoms with van der Waals surface area (Å²) in [6, 6.07) is 1.89. The summed E-state index contributed by atoms with van der Waals surface area (Å²) in [6.07, 6.45) is 0. The number of hydrogen-bond donors (Lipinski definition) is 2. The molecule has 4 heteroatoms. The molecule has 80 valence electrons. The van der Waals surface area contributed by atoms with E-state index in [1.165, 1.54) is 0 Å². The molecule has 0 amide bonds. The van der Waals surface area contributed by atoms with Crippen LogP contribution < -0.4 is 11.5 Å². The molecule has 0 aliphatic rings. The van der Waals surface area contributed by atoms with E-state index < -0.39 is 0 Å². The van der Waals surface area contributed by atoms with Gasteiger partial charge in [-0.15, -0.1) is 11.3 Å². The molecule has 14 heavy (non-hydrogen) atoms. The highest BCUT2D eigenvalue weighted by Gasteiger charge is 2.29. The summed E-state index contributed by atoms with van der Waals surface area (Å²) in [5.74, 6) is 0. The van der Waals surface area contributed by atoms with Crippen LogP contribution in [0.3, 0.4) is 0 Å². The Morgan fingerprint density at radius 1 is 1.36 bits per heavy atom. The van der Waals surface area contributed by atoms with E-state index in [9.17, 15) is 0 Å². The molecular weight excluding hydrogens is 260 g/mol. The van der Waals surface area contributed by atoms with Crippen molar-refractivity contribution in [2.24, 2.45) is 16.9 Å². The normalized spacial score (nSPS) is 16.7. The Hall–Kier alpha value is 0.100. The summed E-state index contributed by atoms with van der Waals surface area (Å²) in [5.41, 5.74) is 12.3. The molecule has 0 saturated heterocycles. The molecule has 0 unspecified atom stereocenters. The van der Waals surface area contributed by atoms with E-state index in [1.54, 1.807) is 11.3 Å². The van der Waals surface area contributed by atoms with Gasteiger partial charge < -0.3 is 11.5 Å². The highest BCUT2D eigenvalue weighted by Crippen LogP contribution is 2.33. The molecule has 1 heterocycles. The van der Waals surface area contributed by atoms with Gasteiger partial charge in [0.25, 0.3) is 0 Å². The molecule has 0 saturated carbocycles. The van der Waals surface area contributed by atoms with E-state index in [4.69, 9.17) is 11.5 Å². The van der Waals surface area contributed by atoms with Crippen LogP contribution in [0.1, 0.15) is 31.7 Å². The van der Waals surface area contributed by atoms with Crippen molar-refractivity contribution in [2.75, 3.05) is 0 Å². The van der Waals surface area contributed by atoms with Crippen LogP contribution in [0.5, 0.6) is 0 Å². The van der Waals surface area contributed by atoms with E-state index in [2.05, 4.69) is 36.7 Å². The summed E-state index contributed by atoms with van der Waals surface area (Å²) in [7, 11) is 0. The van der Waals surface area contributed by atoms with Crippen LogP contribution in [0.25, 0.3) is 0 Å². The highest BCUT2D eigenvalue weighted by molar-refractivity contribution is 9.10. The molecule has 1 aromatic heterocycles. The van der Waals surface area contributed by atoms with E-state index >= 15 is 0 Å². The standard InChI is InChI=1S/C10H17BrN2S/c1-10(2,3)9(13)7(12)8-6(11)4-5-14-8/h4-5,7,9H,12-13H2,1-3H3/t7-,9+/m0/s1. The van der Waals surface area contributed by atoms with Gasteiger partial charge in [0.1, 0.15) is 0 Å². The lowest BCUT2D eigenvalue weighted by Crippen LogP contribution is -2.43. The Morgan fingerprint density at radius 2 is 1.93 bits per heavy atom. The number of halogens is 1. The fourth-order valence-corrected chi connectivity index (χ4v) is 2.93. The Kier molecular flexibility index (Phi) is 3.75. The van der Waals surface area contributed by atoms with Crippen molar-refractivity contribution >= 4 is 27.3 Å². The van der Waals surface area contributed by atoms with Crippen molar-refractivity contribution in [3.05, 3.63) is 20.8 Å². The van der Waals surface area contributed by atoms with Gasteiger partial charge in [-0.25, -0.2) is 0 Å². The molecule has 2 atom stereocenters. The molecule has 0 aliphatic heterocycles. The fourth-order valence-electron chi connectivity index (χ4n) is 1.25. The maximum Gasteiger partial charge on any atom is 0.0560 e. The zero-order valence-electron chi connectivity index (χ0n) is 8.75. The van der Waals surface area contributed by atoms with E-state index in [0.717, 1.165) is 9.35 Å². The second-order valence-electron chi connectivity index (χ2n) is 4.55. The summed E-state index contributed by atoms with van der Waals surface area (Å²) in [5, 5.41) is 2.02. The lowest BCUT2D eigenvalue weighted by molar-refractivity contribution is 0.284. The Balaban J connectivity index is 2.86. The van der Waals surface area contributed by atoms with Crippen molar-refractivity contribution in [1.29, 1.82) is 0 Å². The Morgan fingerprint density at radius 3 is 2.29 bits per heavy atom. The largest absolute Gasteiger partial charge is 0.326 e. The lowest BCUT2D eigenvalue weighted by atomic mass is 9.83. The van der Waals surface area contributed by atoms with Crippen LogP contribution in [0, 0.1) is 5.41 Å². The van der Waals surface area contributed by atoms with E-state index in [1.807, 2.05) is 11.4 Å². The molecule has 0 aromatic carbocycles. The minimum absolute atomic E-state index is 0.0301. The third-order valence-electron chi connectivity index (χ3n) is 2.33. The number of rotatable bonds is 2. The van der Waals surface area contributed by atoms with Crippen molar-refractivity contribution in [1.82, 2.24) is 0 Å². The number of hydrogen-bond acceptors (Lipinski definition) is 3. The fraction of sp³-hybridized carbons (Fsp3) is 0.600. The van der Waals surface area contributed by atoms with Crippen LogP contribution in [0.15, 0.2) is 15.9 Å². The SMILES string of the molecule is CC(C)(C)[C@H](N)[C@@H](N)c1sccc1Br. The first-order chi connectivity index (χ1) is 6.34. The zero-order chi connectivity index (χ0) is 10.9. The molecule has 1 rings (SSSR count). The molecule has 2 nitrogen and oxygen atoms in total. The average molecular weight is 277 g/mol. The summed E-state index contributed by atoms with van der Waals surface area (Å²) in [6.45, 7) is 6.33. The second kappa shape index (κ2) is 4.31. The van der Waals surface area contributed by atoms with Crippen LogP contribution in [-0.4, -0.2) is 6.04 Å². The van der Waals surface area contributed by atoms with E-state index in [0.29, 0.717) is 0 Å². The van der Waals surface area contributed by atoms with Crippen molar-refractivity contribution in [3.8, 4) is 0 Å². The summed E-state index contributed by atoms with van der Waals surface area (Å²) < 4.78 is 1.06. The highest BCUT2D eigenvalue weighted by atomic mass is 79.9. The van der Waals surface area contributed by atoms with Crippen molar-refractivity contribution < 1.29 is 0 Å². The van der Waals surface area contributed by atoms with Crippen LogP contribution >= 0.6 is 27.3 Å². The van der Waals surface area contributed by atoms with Crippen LogP contribution in [0.4, 0.5) is 0 Å². The van der Waals surface area contributed by atoms with Gasteiger partial charge in [-0.1, -0.05) is 20.8 Å². The first-order valence-corrected chi connectivity index (χ1v) is 6.25. The van der Waals surface area contributed by atoms with Crippen molar-refractivity contribution in [3.63, 3.8) is 0 Å². The summed E-state index contributed by atoms with van der Waals surface area (Å²) >= 11 is 5.13. The number of thiophene rings is 1. The number of nitrogens with two attached hydrogens (primary N) is 2. The van der Waals surface area contributed by atoms with Gasteiger partial charge in [0.15, 0.2) is 0 Å². The molecule has 4 N–H and O–H groups in total. The Labute approximate surface area is 97.8 Å². The smallest absolute Gasteiger partial charge is 0.0560 e. The monoisotopic (exact) mass is 276 g/mol. The molecule has 0 spiro atoms. The topological polar surface area (TPSA) is 52.0 Å². The van der Waals surface area contributed by atoms with Gasteiger partial charge in [0.2, 0.25) is 0 Å². The third kappa shape index (κ3) is 2.57. The second-order valence-corrected chi connectivity index (χ2v) is 6.35. The third-order valence-corrected chi connectivity index (χ3v) is 4.31. The molecule has 0 radical (unpaired) electrons. The minimum Gasteiger partial charge on any atom is -0.326 e. The van der Waals surface area contributed by atoms with Crippen LogP contribution in [0.2, 0.25) is 0 Å². The zero-order valence-corrected chi connectivity index (χ0v) is 11.2. The van der Waals surface area contributed by atoms with E-state index in [-0.39, 0.29) is 17.5 Å². The quantitative estimate of drug-likeness (QED) is 0.873. The molecule has 1 aromatic rings. The average Bonchev–Trinajstić information content (AvgIpc) is 2.47. The maximum atomic E-state index is 6.13. The first kappa shape index (κ1) is 12.2.